The predicted octanol–water partition coefficient (Wildman–Crippen LogP) is 3.99. The van der Waals surface area contributed by atoms with Gasteiger partial charge in [0.2, 0.25) is 0 Å². The van der Waals surface area contributed by atoms with Crippen molar-refractivity contribution in [2.24, 2.45) is 0 Å². The molecule has 0 aliphatic carbocycles. The van der Waals surface area contributed by atoms with E-state index in [4.69, 9.17) is 0 Å². The summed E-state index contributed by atoms with van der Waals surface area (Å²) in [5.41, 5.74) is -0.548. The van der Waals surface area contributed by atoms with Gasteiger partial charge in [0.15, 0.2) is 0 Å². The van der Waals surface area contributed by atoms with Gasteiger partial charge in [-0.3, -0.25) is 4.90 Å². The van der Waals surface area contributed by atoms with Gasteiger partial charge in [-0.1, -0.05) is 12.1 Å². The largest absolute Gasteiger partial charge is 0.416 e. The molecular formula is C15H18F6N2. The van der Waals surface area contributed by atoms with Crippen molar-refractivity contribution in [2.45, 2.75) is 31.2 Å². The molecule has 1 aromatic rings. The Hall–Kier alpha value is -1.28. The number of alkyl halides is 6. The Kier molecular flexibility index (Phi) is 5.57. The maximum absolute atomic E-state index is 12.8. The van der Waals surface area contributed by atoms with E-state index in [2.05, 4.69) is 5.32 Å². The van der Waals surface area contributed by atoms with Crippen LogP contribution in [0.3, 0.4) is 0 Å². The van der Waals surface area contributed by atoms with Gasteiger partial charge >= 0.3 is 12.4 Å². The molecule has 2 nitrogen and oxygen atoms in total. The van der Waals surface area contributed by atoms with Gasteiger partial charge in [0.25, 0.3) is 0 Å². The highest BCUT2D eigenvalue weighted by atomic mass is 19.4. The SMILES string of the molecule is FC(F)(F)CC[C@H](c1cccc(C(F)(F)F)c1)N1CCNCC1. The summed E-state index contributed by atoms with van der Waals surface area (Å²) >= 11 is 0. The summed E-state index contributed by atoms with van der Waals surface area (Å²) in [5, 5.41) is 3.09. The van der Waals surface area contributed by atoms with E-state index in [1.54, 1.807) is 0 Å². The molecule has 1 aliphatic rings. The highest BCUT2D eigenvalue weighted by Crippen LogP contribution is 2.35. The molecule has 0 amide bonds. The fraction of sp³-hybridized carbons (Fsp3) is 0.600. The van der Waals surface area contributed by atoms with Crippen molar-refractivity contribution >= 4 is 0 Å². The molecule has 0 spiro atoms. The fourth-order valence-corrected chi connectivity index (χ4v) is 2.78. The topological polar surface area (TPSA) is 15.3 Å². The standard InChI is InChI=1S/C15H18F6N2/c16-14(17,18)5-4-13(23-8-6-22-7-9-23)11-2-1-3-12(10-11)15(19,20)21/h1-3,10,13,22H,4-9H2/t13-/m1/s1. The van der Waals surface area contributed by atoms with E-state index in [1.165, 1.54) is 12.1 Å². The molecule has 1 heterocycles. The third kappa shape index (κ3) is 5.39. The van der Waals surface area contributed by atoms with Crippen LogP contribution in [0.5, 0.6) is 0 Å². The number of benzene rings is 1. The van der Waals surface area contributed by atoms with Gasteiger partial charge in [0.1, 0.15) is 0 Å². The Morgan fingerprint density at radius 3 is 2.26 bits per heavy atom. The van der Waals surface area contributed by atoms with Crippen LogP contribution in [0.25, 0.3) is 0 Å². The minimum Gasteiger partial charge on any atom is -0.314 e. The Bertz CT molecular complexity index is 505. The molecule has 1 aliphatic heterocycles. The van der Waals surface area contributed by atoms with Crippen LogP contribution in [0.15, 0.2) is 24.3 Å². The zero-order valence-electron chi connectivity index (χ0n) is 12.3. The molecule has 0 unspecified atom stereocenters. The number of nitrogens with one attached hydrogen (secondary N) is 1. The zero-order chi connectivity index (χ0) is 17.1. The van der Waals surface area contributed by atoms with Crippen LogP contribution >= 0.6 is 0 Å². The lowest BCUT2D eigenvalue weighted by atomic mass is 9.97. The number of rotatable bonds is 4. The number of halogens is 6. The molecular weight excluding hydrogens is 322 g/mol. The summed E-state index contributed by atoms with van der Waals surface area (Å²) < 4.78 is 76.2. The molecule has 0 bridgehead atoms. The quantitative estimate of drug-likeness (QED) is 0.834. The first-order valence-electron chi connectivity index (χ1n) is 7.35. The summed E-state index contributed by atoms with van der Waals surface area (Å²) in [6.45, 7) is 2.25. The van der Waals surface area contributed by atoms with Gasteiger partial charge in [-0.25, -0.2) is 0 Å². The first kappa shape index (κ1) is 18.1. The molecule has 130 valence electrons. The lowest BCUT2D eigenvalue weighted by Gasteiger charge is -2.35. The minimum absolute atomic E-state index is 0.245. The van der Waals surface area contributed by atoms with Gasteiger partial charge in [-0.2, -0.15) is 26.3 Å². The van der Waals surface area contributed by atoms with Gasteiger partial charge < -0.3 is 5.32 Å². The van der Waals surface area contributed by atoms with Crippen molar-refractivity contribution < 1.29 is 26.3 Å². The van der Waals surface area contributed by atoms with Crippen LogP contribution in [0.2, 0.25) is 0 Å². The van der Waals surface area contributed by atoms with E-state index in [9.17, 15) is 26.3 Å². The van der Waals surface area contributed by atoms with Crippen LogP contribution < -0.4 is 5.32 Å². The third-order valence-corrected chi connectivity index (χ3v) is 3.89. The van der Waals surface area contributed by atoms with Crippen LogP contribution in [0, 0.1) is 0 Å². The van der Waals surface area contributed by atoms with Crippen LogP contribution in [0.4, 0.5) is 26.3 Å². The maximum atomic E-state index is 12.8. The summed E-state index contributed by atoms with van der Waals surface area (Å²) in [6.07, 6.45) is -10.1. The van der Waals surface area contributed by atoms with E-state index < -0.39 is 30.4 Å². The molecule has 1 atom stereocenters. The normalized spacial score (nSPS) is 18.9. The van der Waals surface area contributed by atoms with Gasteiger partial charge in [0, 0.05) is 38.6 Å². The number of nitrogens with zero attached hydrogens (tertiary/aromatic N) is 1. The molecule has 0 radical (unpaired) electrons. The Balaban J connectivity index is 2.25. The van der Waals surface area contributed by atoms with Crippen molar-refractivity contribution in [1.29, 1.82) is 0 Å². The van der Waals surface area contributed by atoms with E-state index >= 15 is 0 Å². The highest BCUT2D eigenvalue weighted by Gasteiger charge is 2.34. The second kappa shape index (κ2) is 7.09. The van der Waals surface area contributed by atoms with Crippen molar-refractivity contribution in [3.63, 3.8) is 0 Å². The summed E-state index contributed by atoms with van der Waals surface area (Å²) in [5.74, 6) is 0. The first-order chi connectivity index (χ1) is 10.7. The maximum Gasteiger partial charge on any atom is 0.416 e. The Labute approximate surface area is 130 Å². The van der Waals surface area contributed by atoms with Crippen molar-refractivity contribution in [3.05, 3.63) is 35.4 Å². The van der Waals surface area contributed by atoms with Gasteiger partial charge in [-0.15, -0.1) is 0 Å². The molecule has 1 fully saturated rings. The second-order valence-electron chi connectivity index (χ2n) is 5.58. The molecule has 0 saturated carbocycles. The highest BCUT2D eigenvalue weighted by molar-refractivity contribution is 5.28. The van der Waals surface area contributed by atoms with E-state index in [0.717, 1.165) is 12.1 Å². The zero-order valence-corrected chi connectivity index (χ0v) is 12.3. The average molecular weight is 340 g/mol. The third-order valence-electron chi connectivity index (χ3n) is 3.89. The number of hydrogen-bond donors (Lipinski definition) is 1. The number of hydrogen-bond acceptors (Lipinski definition) is 2. The Morgan fingerprint density at radius 1 is 1.04 bits per heavy atom. The fourth-order valence-electron chi connectivity index (χ4n) is 2.78. The van der Waals surface area contributed by atoms with Gasteiger partial charge in [0.05, 0.1) is 5.56 Å². The second-order valence-corrected chi connectivity index (χ2v) is 5.58. The van der Waals surface area contributed by atoms with E-state index in [1.807, 2.05) is 4.90 Å². The molecule has 1 saturated heterocycles. The summed E-state index contributed by atoms with van der Waals surface area (Å²) in [4.78, 5) is 1.82. The molecule has 2 rings (SSSR count). The summed E-state index contributed by atoms with van der Waals surface area (Å²) in [6, 6.07) is 3.95. The smallest absolute Gasteiger partial charge is 0.314 e. The predicted molar refractivity (Wildman–Crippen MR) is 73.9 cm³/mol. The van der Waals surface area contributed by atoms with Crippen LogP contribution in [0.1, 0.15) is 30.0 Å². The van der Waals surface area contributed by atoms with Crippen LogP contribution in [-0.4, -0.2) is 37.3 Å². The van der Waals surface area contributed by atoms with Crippen molar-refractivity contribution in [2.75, 3.05) is 26.2 Å². The molecule has 1 N–H and O–H groups in total. The van der Waals surface area contributed by atoms with Crippen molar-refractivity contribution in [3.8, 4) is 0 Å². The van der Waals surface area contributed by atoms with Gasteiger partial charge in [-0.05, 0) is 24.1 Å². The first-order valence-corrected chi connectivity index (χ1v) is 7.35. The molecule has 8 heteroatoms. The monoisotopic (exact) mass is 340 g/mol. The van der Waals surface area contributed by atoms with E-state index in [-0.39, 0.29) is 12.0 Å². The minimum atomic E-state index is -4.51. The van der Waals surface area contributed by atoms with E-state index in [0.29, 0.717) is 26.2 Å². The van der Waals surface area contributed by atoms with Crippen LogP contribution in [-0.2, 0) is 6.18 Å². The molecule has 23 heavy (non-hydrogen) atoms. The number of piperazine rings is 1. The van der Waals surface area contributed by atoms with Crippen molar-refractivity contribution in [1.82, 2.24) is 10.2 Å². The molecule has 1 aromatic carbocycles. The average Bonchev–Trinajstić information content (AvgIpc) is 2.47. The Morgan fingerprint density at radius 2 is 1.70 bits per heavy atom. The lowest BCUT2D eigenvalue weighted by molar-refractivity contribution is -0.140. The lowest BCUT2D eigenvalue weighted by Crippen LogP contribution is -2.45. The summed E-state index contributed by atoms with van der Waals surface area (Å²) in [7, 11) is 0. The molecule has 0 aromatic heterocycles.